The molecule has 1 aromatic carbocycles. The van der Waals surface area contributed by atoms with E-state index in [1.165, 1.54) is 29.1 Å². The number of aromatic nitrogens is 3. The lowest BCUT2D eigenvalue weighted by molar-refractivity contribution is -0.136. The number of anilines is 1. The summed E-state index contributed by atoms with van der Waals surface area (Å²) in [5.74, 6) is -0.167. The molecule has 0 aliphatic heterocycles. The van der Waals surface area contributed by atoms with Crippen LogP contribution in [0.25, 0.3) is 5.70 Å². The first-order chi connectivity index (χ1) is 15.2. The molecule has 0 bridgehead atoms. The Balaban J connectivity index is 1.93. The molecule has 2 amide bonds. The van der Waals surface area contributed by atoms with Crippen LogP contribution in [0.15, 0.2) is 48.7 Å². The van der Waals surface area contributed by atoms with Crippen molar-refractivity contribution in [3.8, 4) is 0 Å². The average molecular weight is 453 g/mol. The maximum Gasteiger partial charge on any atom is 0.418 e. The van der Waals surface area contributed by atoms with Gasteiger partial charge >= 0.3 is 12.2 Å². The second kappa shape index (κ2) is 11.4. The van der Waals surface area contributed by atoms with Crippen molar-refractivity contribution in [2.24, 2.45) is 5.92 Å². The molecule has 1 aromatic heterocycles. The molecule has 0 aliphatic rings. The number of hydrogen-bond acceptors (Lipinski definition) is 3. The van der Waals surface area contributed by atoms with Crippen LogP contribution >= 0.6 is 0 Å². The number of carbonyl (C=O) groups excluding carboxylic acids is 1. The van der Waals surface area contributed by atoms with Gasteiger partial charge in [-0.15, -0.1) is 5.10 Å². The zero-order chi connectivity index (χ0) is 23.7. The van der Waals surface area contributed by atoms with E-state index in [2.05, 4.69) is 20.9 Å². The number of para-hydroxylation sites is 1. The van der Waals surface area contributed by atoms with E-state index in [1.807, 2.05) is 13.8 Å². The molecule has 32 heavy (non-hydrogen) atoms. The van der Waals surface area contributed by atoms with Gasteiger partial charge in [0.2, 0.25) is 0 Å². The number of carbonyl (C=O) groups is 1. The van der Waals surface area contributed by atoms with Gasteiger partial charge in [-0.05, 0) is 37.5 Å². The maximum absolute atomic E-state index is 14.5. The fourth-order valence-corrected chi connectivity index (χ4v) is 3.06. The quantitative estimate of drug-likeness (QED) is 0.362. The van der Waals surface area contributed by atoms with Crippen LogP contribution in [0.3, 0.4) is 0 Å². The first-order valence-electron chi connectivity index (χ1n) is 10.3. The highest BCUT2D eigenvalue weighted by Crippen LogP contribution is 2.34. The van der Waals surface area contributed by atoms with Gasteiger partial charge in [0.1, 0.15) is 11.9 Å². The van der Waals surface area contributed by atoms with Crippen molar-refractivity contribution in [3.63, 3.8) is 0 Å². The van der Waals surface area contributed by atoms with Crippen LogP contribution in [0.4, 0.5) is 28.0 Å². The van der Waals surface area contributed by atoms with Crippen molar-refractivity contribution in [2.45, 2.75) is 46.0 Å². The zero-order valence-electron chi connectivity index (χ0n) is 18.2. The number of rotatable bonds is 9. The summed E-state index contributed by atoms with van der Waals surface area (Å²) in [6.07, 6.45) is 2.32. The number of halogens is 4. The Bertz CT molecular complexity index is 952. The average Bonchev–Trinajstić information content (AvgIpc) is 3.23. The maximum atomic E-state index is 14.5. The Hall–Kier alpha value is -3.17. The lowest BCUT2D eigenvalue weighted by Gasteiger charge is -2.13. The van der Waals surface area contributed by atoms with Gasteiger partial charge in [0.05, 0.1) is 23.1 Å². The third-order valence-electron chi connectivity index (χ3n) is 4.75. The fraction of sp³-hybridized carbons (Fsp3) is 0.409. The molecule has 0 saturated heterocycles. The molecule has 2 aromatic rings. The van der Waals surface area contributed by atoms with Gasteiger partial charge in [0.15, 0.2) is 0 Å². The van der Waals surface area contributed by atoms with E-state index in [4.69, 9.17) is 0 Å². The molecule has 0 saturated carbocycles. The van der Waals surface area contributed by atoms with E-state index in [9.17, 15) is 22.4 Å². The van der Waals surface area contributed by atoms with Crippen LogP contribution in [-0.4, -0.2) is 27.6 Å². The second-order valence-corrected chi connectivity index (χ2v) is 7.25. The van der Waals surface area contributed by atoms with Gasteiger partial charge in [-0.3, -0.25) is 0 Å². The lowest BCUT2D eigenvalue weighted by Crippen LogP contribution is -2.29. The zero-order valence-corrected chi connectivity index (χ0v) is 18.2. The van der Waals surface area contributed by atoms with E-state index < -0.39 is 23.9 Å². The topological polar surface area (TPSA) is 71.8 Å². The Kier molecular flexibility index (Phi) is 8.98. The number of amides is 2. The Morgan fingerprint density at radius 1 is 1.28 bits per heavy atom. The molecule has 2 N–H and O–H groups in total. The third-order valence-corrected chi connectivity index (χ3v) is 4.75. The van der Waals surface area contributed by atoms with Crippen molar-refractivity contribution in [2.75, 3.05) is 11.9 Å². The summed E-state index contributed by atoms with van der Waals surface area (Å²) >= 11 is 0. The molecule has 1 heterocycles. The Morgan fingerprint density at radius 3 is 2.66 bits per heavy atom. The smallest absolute Gasteiger partial charge is 0.334 e. The second-order valence-electron chi connectivity index (χ2n) is 7.25. The van der Waals surface area contributed by atoms with Crippen molar-refractivity contribution in [3.05, 3.63) is 59.9 Å². The molecular formula is C22H27F4N5O. The molecular weight excluding hydrogens is 426 g/mol. The van der Waals surface area contributed by atoms with Crippen molar-refractivity contribution < 1.29 is 22.4 Å². The monoisotopic (exact) mass is 453 g/mol. The van der Waals surface area contributed by atoms with E-state index in [1.54, 1.807) is 25.2 Å². The Morgan fingerprint density at radius 2 is 2.00 bits per heavy atom. The number of nitrogens with zero attached hydrogens (tertiary/aromatic N) is 3. The van der Waals surface area contributed by atoms with Crippen LogP contribution in [0.1, 0.15) is 51.0 Å². The summed E-state index contributed by atoms with van der Waals surface area (Å²) in [5, 5.41) is 12.5. The van der Waals surface area contributed by atoms with Crippen LogP contribution in [-0.2, 0) is 6.18 Å². The fourth-order valence-electron chi connectivity index (χ4n) is 3.06. The third kappa shape index (κ3) is 6.93. The molecule has 10 heteroatoms. The highest BCUT2D eigenvalue weighted by Gasteiger charge is 2.33. The molecule has 2 unspecified atom stereocenters. The standard InChI is InChI=1S/C22H27F4N5O/c1-4-9-15(3)20(23)19-14-31(30-29-19)16(5-2)10-8-13-27-21(32)28-18-12-7-6-11-17(18)22(24,25)26/h5-8,10-12,14-15,20H,4,9,13H2,1-3H3,(H2,27,28,32)/b10-8-,16-5+. The highest BCUT2D eigenvalue weighted by molar-refractivity contribution is 5.90. The SMILES string of the molecule is C/C=C(\C=C/CNC(=O)Nc1ccccc1C(F)(F)F)n1cc(C(F)C(C)CCC)nn1. The van der Waals surface area contributed by atoms with Crippen molar-refractivity contribution >= 4 is 17.4 Å². The van der Waals surface area contributed by atoms with E-state index >= 15 is 0 Å². The van der Waals surface area contributed by atoms with E-state index in [0.717, 1.165) is 18.9 Å². The van der Waals surface area contributed by atoms with Crippen molar-refractivity contribution in [1.29, 1.82) is 0 Å². The summed E-state index contributed by atoms with van der Waals surface area (Å²) in [5.41, 5.74) is -0.407. The van der Waals surface area contributed by atoms with Gasteiger partial charge in [0, 0.05) is 6.54 Å². The lowest BCUT2D eigenvalue weighted by atomic mass is 9.99. The first kappa shape index (κ1) is 25.1. The summed E-state index contributed by atoms with van der Waals surface area (Å²) in [6, 6.07) is 3.95. The van der Waals surface area contributed by atoms with Crippen LogP contribution < -0.4 is 10.6 Å². The molecule has 0 fully saturated rings. The van der Waals surface area contributed by atoms with Gasteiger partial charge in [-0.1, -0.05) is 49.8 Å². The highest BCUT2D eigenvalue weighted by atomic mass is 19.4. The number of benzene rings is 1. The van der Waals surface area contributed by atoms with Crippen molar-refractivity contribution in [1.82, 2.24) is 20.3 Å². The molecule has 6 nitrogen and oxygen atoms in total. The van der Waals surface area contributed by atoms with Crippen LogP contribution in [0, 0.1) is 5.92 Å². The Labute approximate surface area is 184 Å². The summed E-state index contributed by atoms with van der Waals surface area (Å²) < 4.78 is 54.9. The summed E-state index contributed by atoms with van der Waals surface area (Å²) in [6.45, 7) is 5.64. The largest absolute Gasteiger partial charge is 0.418 e. The summed E-state index contributed by atoms with van der Waals surface area (Å²) in [4.78, 5) is 12.0. The first-order valence-corrected chi connectivity index (χ1v) is 10.3. The number of hydrogen-bond donors (Lipinski definition) is 2. The van der Waals surface area contributed by atoms with Crippen LogP contribution in [0.5, 0.6) is 0 Å². The minimum Gasteiger partial charge on any atom is -0.334 e. The van der Waals surface area contributed by atoms with Gasteiger partial charge in [0.25, 0.3) is 0 Å². The van der Waals surface area contributed by atoms with E-state index in [-0.39, 0.29) is 23.8 Å². The van der Waals surface area contributed by atoms with Gasteiger partial charge < -0.3 is 10.6 Å². The minimum atomic E-state index is -4.58. The predicted molar refractivity (Wildman–Crippen MR) is 115 cm³/mol. The number of nitrogens with one attached hydrogen (secondary N) is 2. The molecule has 0 spiro atoms. The minimum absolute atomic E-state index is 0.0538. The van der Waals surface area contributed by atoms with Gasteiger partial charge in [-0.25, -0.2) is 13.9 Å². The van der Waals surface area contributed by atoms with Gasteiger partial charge in [-0.2, -0.15) is 13.2 Å². The molecule has 0 aliphatic carbocycles. The summed E-state index contributed by atoms with van der Waals surface area (Å²) in [7, 11) is 0. The predicted octanol–water partition coefficient (Wildman–Crippen LogP) is 5.98. The van der Waals surface area contributed by atoms with E-state index in [0.29, 0.717) is 5.70 Å². The normalized spacial score (nSPS) is 14.4. The van der Waals surface area contributed by atoms with Crippen LogP contribution in [0.2, 0.25) is 0 Å². The molecule has 2 rings (SSSR count). The number of urea groups is 1. The number of alkyl halides is 4. The molecule has 174 valence electrons. The molecule has 0 radical (unpaired) electrons. The number of allylic oxidation sites excluding steroid dienone is 3. The molecule has 2 atom stereocenters.